The lowest BCUT2D eigenvalue weighted by molar-refractivity contribution is -0.138. The summed E-state index contributed by atoms with van der Waals surface area (Å²) in [5, 5.41) is 7.57. The van der Waals surface area contributed by atoms with Crippen LogP contribution in [0.25, 0.3) is 0 Å². The minimum Gasteiger partial charge on any atom is -0.381 e. The van der Waals surface area contributed by atoms with E-state index in [4.69, 9.17) is 5.73 Å². The van der Waals surface area contributed by atoms with Crippen LogP contribution in [0.4, 0.5) is 19.0 Å². The van der Waals surface area contributed by atoms with Crippen molar-refractivity contribution in [3.8, 4) is 0 Å². The van der Waals surface area contributed by atoms with E-state index in [1.807, 2.05) is 13.8 Å². The number of hydrogen-bond donors (Lipinski definition) is 1. The van der Waals surface area contributed by atoms with Gasteiger partial charge >= 0.3 is 6.18 Å². The molecule has 0 bridgehead atoms. The first-order chi connectivity index (χ1) is 9.30. The highest BCUT2D eigenvalue weighted by atomic mass is 19.4. The second kappa shape index (κ2) is 5.15. The van der Waals surface area contributed by atoms with E-state index in [2.05, 4.69) is 10.3 Å². The van der Waals surface area contributed by atoms with Crippen LogP contribution in [0.3, 0.4) is 0 Å². The Kier molecular flexibility index (Phi) is 3.69. The van der Waals surface area contributed by atoms with Crippen molar-refractivity contribution in [3.63, 3.8) is 0 Å². The van der Waals surface area contributed by atoms with Crippen LogP contribution < -0.4 is 5.73 Å². The van der Waals surface area contributed by atoms with Crippen LogP contribution in [0.5, 0.6) is 0 Å². The van der Waals surface area contributed by atoms with Gasteiger partial charge in [0.15, 0.2) is 5.82 Å². The standard InChI is InChI=1S/C13H15F3N4/c1-8(2)11-12(17)18-19-20(11)7-9-5-3-4-6-10(9)13(14,15)16/h3-6,8H,7,17H2,1-2H3. The van der Waals surface area contributed by atoms with Crippen molar-refractivity contribution in [1.82, 2.24) is 15.0 Å². The Hall–Kier alpha value is -2.05. The number of halogens is 3. The predicted octanol–water partition coefficient (Wildman–Crippen LogP) is 3.05. The molecule has 2 aromatic rings. The van der Waals surface area contributed by atoms with Gasteiger partial charge in [-0.2, -0.15) is 13.2 Å². The Balaban J connectivity index is 2.41. The average Bonchev–Trinajstić information content (AvgIpc) is 2.70. The molecule has 0 aliphatic heterocycles. The summed E-state index contributed by atoms with van der Waals surface area (Å²) in [5.41, 5.74) is 5.83. The average molecular weight is 284 g/mol. The van der Waals surface area contributed by atoms with Crippen LogP contribution in [0.2, 0.25) is 0 Å². The molecular formula is C13H15F3N4. The summed E-state index contributed by atoms with van der Waals surface area (Å²) in [6.45, 7) is 3.77. The van der Waals surface area contributed by atoms with E-state index in [9.17, 15) is 13.2 Å². The van der Waals surface area contributed by atoms with Crippen LogP contribution in [-0.4, -0.2) is 15.0 Å². The lowest BCUT2D eigenvalue weighted by Crippen LogP contribution is -2.14. The molecule has 0 aliphatic rings. The van der Waals surface area contributed by atoms with Gasteiger partial charge in [0.25, 0.3) is 0 Å². The van der Waals surface area contributed by atoms with E-state index < -0.39 is 11.7 Å². The smallest absolute Gasteiger partial charge is 0.381 e. The van der Waals surface area contributed by atoms with E-state index in [0.29, 0.717) is 5.69 Å². The number of nitrogens with zero attached hydrogens (tertiary/aromatic N) is 3. The van der Waals surface area contributed by atoms with Gasteiger partial charge in [0.1, 0.15) is 0 Å². The number of nitrogen functional groups attached to an aromatic ring is 1. The maximum absolute atomic E-state index is 12.9. The second-order valence-corrected chi connectivity index (χ2v) is 4.83. The Morgan fingerprint density at radius 3 is 2.50 bits per heavy atom. The Morgan fingerprint density at radius 1 is 1.25 bits per heavy atom. The monoisotopic (exact) mass is 284 g/mol. The number of nitrogens with two attached hydrogens (primary N) is 1. The topological polar surface area (TPSA) is 56.7 Å². The molecule has 20 heavy (non-hydrogen) atoms. The fourth-order valence-electron chi connectivity index (χ4n) is 2.14. The Labute approximate surface area is 114 Å². The quantitative estimate of drug-likeness (QED) is 0.942. The minimum atomic E-state index is -4.39. The highest BCUT2D eigenvalue weighted by Gasteiger charge is 2.33. The van der Waals surface area contributed by atoms with Gasteiger partial charge in [0.2, 0.25) is 0 Å². The van der Waals surface area contributed by atoms with Crippen LogP contribution in [0.1, 0.15) is 36.6 Å². The van der Waals surface area contributed by atoms with Gasteiger partial charge in [-0.1, -0.05) is 37.3 Å². The van der Waals surface area contributed by atoms with Gasteiger partial charge in [-0.05, 0) is 17.5 Å². The maximum atomic E-state index is 12.9. The second-order valence-electron chi connectivity index (χ2n) is 4.83. The maximum Gasteiger partial charge on any atom is 0.416 e. The highest BCUT2D eigenvalue weighted by molar-refractivity contribution is 5.36. The molecule has 7 heteroatoms. The molecule has 2 N–H and O–H groups in total. The molecule has 0 saturated heterocycles. The van der Waals surface area contributed by atoms with Gasteiger partial charge < -0.3 is 5.73 Å². The van der Waals surface area contributed by atoms with E-state index in [1.54, 1.807) is 6.07 Å². The van der Waals surface area contributed by atoms with Gasteiger partial charge in [0.05, 0.1) is 17.8 Å². The first-order valence-electron chi connectivity index (χ1n) is 6.14. The number of rotatable bonds is 3. The Morgan fingerprint density at radius 2 is 1.90 bits per heavy atom. The molecule has 0 amide bonds. The number of benzene rings is 1. The van der Waals surface area contributed by atoms with Crippen molar-refractivity contribution >= 4 is 5.82 Å². The van der Waals surface area contributed by atoms with E-state index >= 15 is 0 Å². The lowest BCUT2D eigenvalue weighted by Gasteiger charge is -2.14. The highest BCUT2D eigenvalue weighted by Crippen LogP contribution is 2.32. The van der Waals surface area contributed by atoms with Gasteiger partial charge in [-0.25, -0.2) is 4.68 Å². The lowest BCUT2D eigenvalue weighted by atomic mass is 10.1. The van der Waals surface area contributed by atoms with Gasteiger partial charge in [-0.3, -0.25) is 0 Å². The van der Waals surface area contributed by atoms with Crippen molar-refractivity contribution in [2.75, 3.05) is 5.73 Å². The van der Waals surface area contributed by atoms with E-state index in [-0.39, 0.29) is 23.8 Å². The largest absolute Gasteiger partial charge is 0.416 e. The third-order valence-corrected chi connectivity index (χ3v) is 2.99. The molecule has 0 spiro atoms. The molecule has 0 saturated carbocycles. The van der Waals surface area contributed by atoms with E-state index in [0.717, 1.165) is 6.07 Å². The molecule has 4 nitrogen and oxygen atoms in total. The van der Waals surface area contributed by atoms with Crippen molar-refractivity contribution in [2.45, 2.75) is 32.5 Å². The predicted molar refractivity (Wildman–Crippen MR) is 69.1 cm³/mol. The third kappa shape index (κ3) is 2.76. The molecule has 1 aromatic carbocycles. The summed E-state index contributed by atoms with van der Waals surface area (Å²) in [6.07, 6.45) is -4.39. The zero-order chi connectivity index (χ0) is 14.9. The van der Waals surface area contributed by atoms with Crippen LogP contribution in [0.15, 0.2) is 24.3 Å². The summed E-state index contributed by atoms with van der Waals surface area (Å²) in [6, 6.07) is 5.43. The number of hydrogen-bond acceptors (Lipinski definition) is 3. The summed E-state index contributed by atoms with van der Waals surface area (Å²) < 4.78 is 40.3. The number of anilines is 1. The van der Waals surface area contributed by atoms with Crippen molar-refractivity contribution in [1.29, 1.82) is 0 Å². The zero-order valence-corrected chi connectivity index (χ0v) is 11.1. The van der Waals surface area contributed by atoms with Crippen molar-refractivity contribution in [3.05, 3.63) is 41.1 Å². The fraction of sp³-hybridized carbons (Fsp3) is 0.385. The normalized spacial score (nSPS) is 12.1. The minimum absolute atomic E-state index is 0.00655. The molecule has 0 fully saturated rings. The van der Waals surface area contributed by atoms with Crippen LogP contribution in [0, 0.1) is 0 Å². The van der Waals surface area contributed by atoms with Gasteiger partial charge in [0, 0.05) is 0 Å². The van der Waals surface area contributed by atoms with Crippen LogP contribution >= 0.6 is 0 Å². The van der Waals surface area contributed by atoms with Crippen LogP contribution in [-0.2, 0) is 12.7 Å². The number of aromatic nitrogens is 3. The zero-order valence-electron chi connectivity index (χ0n) is 11.1. The molecule has 1 heterocycles. The fourth-order valence-corrected chi connectivity index (χ4v) is 2.14. The molecular weight excluding hydrogens is 269 g/mol. The summed E-state index contributed by atoms with van der Waals surface area (Å²) in [4.78, 5) is 0. The molecule has 2 rings (SSSR count). The summed E-state index contributed by atoms with van der Waals surface area (Å²) >= 11 is 0. The SMILES string of the molecule is CC(C)c1c(N)nnn1Cc1ccccc1C(F)(F)F. The third-order valence-electron chi connectivity index (χ3n) is 2.99. The molecule has 0 radical (unpaired) electrons. The van der Waals surface area contributed by atoms with Crippen molar-refractivity contribution in [2.24, 2.45) is 0 Å². The first-order valence-corrected chi connectivity index (χ1v) is 6.14. The Bertz CT molecular complexity index is 602. The van der Waals surface area contributed by atoms with E-state index in [1.165, 1.54) is 16.8 Å². The molecule has 1 aromatic heterocycles. The van der Waals surface area contributed by atoms with Crippen molar-refractivity contribution < 1.29 is 13.2 Å². The molecule has 0 aliphatic carbocycles. The molecule has 0 atom stereocenters. The van der Waals surface area contributed by atoms with Gasteiger partial charge in [-0.15, -0.1) is 5.10 Å². The summed E-state index contributed by atoms with van der Waals surface area (Å²) in [5.74, 6) is 0.285. The molecule has 0 unspecified atom stereocenters. The first kappa shape index (κ1) is 14.4. The molecule has 108 valence electrons. The number of alkyl halides is 3. The summed E-state index contributed by atoms with van der Waals surface area (Å²) in [7, 11) is 0.